The molecule has 3 nitrogen and oxygen atoms in total. The summed E-state index contributed by atoms with van der Waals surface area (Å²) in [6, 6.07) is 14.2. The van der Waals surface area contributed by atoms with Gasteiger partial charge in [-0.3, -0.25) is 4.90 Å². The second-order valence-electron chi connectivity index (χ2n) is 4.88. The molecule has 0 atom stereocenters. The first-order chi connectivity index (χ1) is 9.58. The highest BCUT2D eigenvalue weighted by Crippen LogP contribution is 2.21. The lowest BCUT2D eigenvalue weighted by atomic mass is 10.1. The lowest BCUT2D eigenvalue weighted by Gasteiger charge is -2.17. The second-order valence-corrected chi connectivity index (χ2v) is 5.73. The Morgan fingerprint density at radius 3 is 2.25 bits per heavy atom. The number of hydrogen-bond acceptors (Lipinski definition) is 3. The van der Waals surface area contributed by atoms with Crippen molar-refractivity contribution < 1.29 is 4.74 Å². The van der Waals surface area contributed by atoms with E-state index in [1.165, 1.54) is 11.1 Å². The summed E-state index contributed by atoms with van der Waals surface area (Å²) in [5.41, 5.74) is 9.07. The van der Waals surface area contributed by atoms with Crippen molar-refractivity contribution in [3.05, 3.63) is 58.1 Å². The average Bonchev–Trinajstić information content (AvgIpc) is 2.44. The molecule has 0 aliphatic heterocycles. The largest absolute Gasteiger partial charge is 0.497 e. The monoisotopic (exact) mass is 334 g/mol. The Morgan fingerprint density at radius 1 is 1.05 bits per heavy atom. The molecule has 2 aromatic rings. The zero-order valence-corrected chi connectivity index (χ0v) is 13.4. The average molecular weight is 335 g/mol. The number of nitrogen functional groups attached to an aromatic ring is 1. The molecule has 0 unspecified atom stereocenters. The molecule has 0 heterocycles. The highest BCUT2D eigenvalue weighted by Gasteiger charge is 2.04. The summed E-state index contributed by atoms with van der Waals surface area (Å²) in [7, 11) is 3.79. The standard InChI is InChI=1S/C16H19BrN2O/c1-19(10-12-3-6-14(20-2)7-4-12)11-13-5-8-16(18)15(17)9-13/h3-9H,10-11,18H2,1-2H3. The third-order valence-corrected chi connectivity index (χ3v) is 3.82. The van der Waals surface area contributed by atoms with Crippen LogP contribution in [0, 0.1) is 0 Å². The molecular weight excluding hydrogens is 316 g/mol. The van der Waals surface area contributed by atoms with Crippen molar-refractivity contribution in [2.45, 2.75) is 13.1 Å². The van der Waals surface area contributed by atoms with Gasteiger partial charge < -0.3 is 10.5 Å². The van der Waals surface area contributed by atoms with E-state index in [4.69, 9.17) is 10.5 Å². The van der Waals surface area contributed by atoms with E-state index in [0.717, 1.165) is 29.0 Å². The number of ether oxygens (including phenoxy) is 1. The van der Waals surface area contributed by atoms with Crippen LogP contribution in [0.1, 0.15) is 11.1 Å². The van der Waals surface area contributed by atoms with Crippen LogP contribution in [0.3, 0.4) is 0 Å². The van der Waals surface area contributed by atoms with E-state index in [-0.39, 0.29) is 0 Å². The fourth-order valence-electron chi connectivity index (χ4n) is 2.08. The van der Waals surface area contributed by atoms with Gasteiger partial charge in [0.15, 0.2) is 0 Å². The predicted octanol–water partition coefficient (Wildman–Crippen LogP) is 3.67. The second kappa shape index (κ2) is 6.77. The maximum absolute atomic E-state index is 5.80. The molecule has 0 saturated heterocycles. The fourth-order valence-corrected chi connectivity index (χ4v) is 2.51. The molecule has 2 aromatic carbocycles. The van der Waals surface area contributed by atoms with Crippen molar-refractivity contribution in [2.24, 2.45) is 0 Å². The molecule has 2 rings (SSSR count). The van der Waals surface area contributed by atoms with Crippen LogP contribution in [-0.2, 0) is 13.1 Å². The number of hydrogen-bond donors (Lipinski definition) is 1. The van der Waals surface area contributed by atoms with E-state index in [1.807, 2.05) is 18.2 Å². The van der Waals surface area contributed by atoms with Crippen LogP contribution in [0.4, 0.5) is 5.69 Å². The topological polar surface area (TPSA) is 38.5 Å². The van der Waals surface area contributed by atoms with E-state index in [0.29, 0.717) is 0 Å². The molecule has 0 amide bonds. The number of anilines is 1. The van der Waals surface area contributed by atoms with Crippen LogP contribution < -0.4 is 10.5 Å². The fraction of sp³-hybridized carbons (Fsp3) is 0.250. The van der Waals surface area contributed by atoms with Crippen molar-refractivity contribution in [1.82, 2.24) is 4.90 Å². The molecular formula is C16H19BrN2O. The molecule has 20 heavy (non-hydrogen) atoms. The van der Waals surface area contributed by atoms with Crippen molar-refractivity contribution >= 4 is 21.6 Å². The van der Waals surface area contributed by atoms with Gasteiger partial charge >= 0.3 is 0 Å². The number of rotatable bonds is 5. The van der Waals surface area contributed by atoms with Gasteiger partial charge in [0.1, 0.15) is 5.75 Å². The smallest absolute Gasteiger partial charge is 0.118 e. The molecule has 0 aliphatic rings. The minimum atomic E-state index is 0.770. The van der Waals surface area contributed by atoms with Gasteiger partial charge in [0.2, 0.25) is 0 Å². The SMILES string of the molecule is COc1ccc(CN(C)Cc2ccc(N)c(Br)c2)cc1. The van der Waals surface area contributed by atoms with Gasteiger partial charge in [0.05, 0.1) is 7.11 Å². The molecule has 0 aliphatic carbocycles. The summed E-state index contributed by atoms with van der Waals surface area (Å²) in [6.45, 7) is 1.77. The van der Waals surface area contributed by atoms with E-state index in [2.05, 4.69) is 52.1 Å². The number of nitrogens with two attached hydrogens (primary N) is 1. The van der Waals surface area contributed by atoms with Gasteiger partial charge in [-0.2, -0.15) is 0 Å². The Hall–Kier alpha value is -1.52. The molecule has 0 radical (unpaired) electrons. The molecule has 0 fully saturated rings. The zero-order chi connectivity index (χ0) is 14.5. The molecule has 2 N–H and O–H groups in total. The van der Waals surface area contributed by atoms with Crippen LogP contribution in [0.5, 0.6) is 5.75 Å². The molecule has 106 valence electrons. The predicted molar refractivity (Wildman–Crippen MR) is 86.7 cm³/mol. The Kier molecular flexibility index (Phi) is 5.04. The number of halogens is 1. The Bertz CT molecular complexity index is 569. The Labute approximate surface area is 128 Å². The molecule has 0 bridgehead atoms. The summed E-state index contributed by atoms with van der Waals surface area (Å²) in [5.74, 6) is 0.888. The van der Waals surface area contributed by atoms with E-state index < -0.39 is 0 Å². The lowest BCUT2D eigenvalue weighted by Crippen LogP contribution is -2.17. The van der Waals surface area contributed by atoms with Crippen LogP contribution >= 0.6 is 15.9 Å². The third kappa shape index (κ3) is 3.99. The van der Waals surface area contributed by atoms with Crippen molar-refractivity contribution in [3.63, 3.8) is 0 Å². The van der Waals surface area contributed by atoms with Crippen molar-refractivity contribution in [2.75, 3.05) is 19.9 Å². The molecule has 4 heteroatoms. The summed E-state index contributed by atoms with van der Waals surface area (Å²) in [5, 5.41) is 0. The summed E-state index contributed by atoms with van der Waals surface area (Å²) in [4.78, 5) is 2.26. The Morgan fingerprint density at radius 2 is 1.65 bits per heavy atom. The first-order valence-corrected chi connectivity index (χ1v) is 7.23. The van der Waals surface area contributed by atoms with Gasteiger partial charge in [0, 0.05) is 23.2 Å². The van der Waals surface area contributed by atoms with Crippen LogP contribution in [0.2, 0.25) is 0 Å². The zero-order valence-electron chi connectivity index (χ0n) is 11.8. The highest BCUT2D eigenvalue weighted by atomic mass is 79.9. The van der Waals surface area contributed by atoms with Crippen LogP contribution in [0.15, 0.2) is 46.9 Å². The summed E-state index contributed by atoms with van der Waals surface area (Å²) in [6.07, 6.45) is 0. The van der Waals surface area contributed by atoms with Gasteiger partial charge in [0.25, 0.3) is 0 Å². The quantitative estimate of drug-likeness (QED) is 0.848. The minimum absolute atomic E-state index is 0.770. The number of benzene rings is 2. The van der Waals surface area contributed by atoms with Crippen LogP contribution in [-0.4, -0.2) is 19.1 Å². The van der Waals surface area contributed by atoms with Gasteiger partial charge in [-0.05, 0) is 58.4 Å². The van der Waals surface area contributed by atoms with E-state index in [9.17, 15) is 0 Å². The van der Waals surface area contributed by atoms with Gasteiger partial charge in [-0.15, -0.1) is 0 Å². The lowest BCUT2D eigenvalue weighted by molar-refractivity contribution is 0.319. The van der Waals surface area contributed by atoms with Crippen LogP contribution in [0.25, 0.3) is 0 Å². The van der Waals surface area contributed by atoms with Gasteiger partial charge in [-0.1, -0.05) is 18.2 Å². The number of nitrogens with zero attached hydrogens (tertiary/aromatic N) is 1. The first-order valence-electron chi connectivity index (χ1n) is 6.44. The molecule has 0 aromatic heterocycles. The van der Waals surface area contributed by atoms with Gasteiger partial charge in [-0.25, -0.2) is 0 Å². The van der Waals surface area contributed by atoms with E-state index in [1.54, 1.807) is 7.11 Å². The Balaban J connectivity index is 1.97. The summed E-state index contributed by atoms with van der Waals surface area (Å²) >= 11 is 3.46. The normalized spacial score (nSPS) is 10.8. The maximum atomic E-state index is 5.80. The minimum Gasteiger partial charge on any atom is -0.497 e. The number of methoxy groups -OCH3 is 1. The highest BCUT2D eigenvalue weighted by molar-refractivity contribution is 9.10. The van der Waals surface area contributed by atoms with E-state index >= 15 is 0 Å². The summed E-state index contributed by atoms with van der Waals surface area (Å²) < 4.78 is 6.12. The first kappa shape index (κ1) is 14.9. The molecule has 0 spiro atoms. The third-order valence-electron chi connectivity index (χ3n) is 3.13. The molecule has 0 saturated carbocycles. The van der Waals surface area contributed by atoms with Crippen molar-refractivity contribution in [1.29, 1.82) is 0 Å². The van der Waals surface area contributed by atoms with Crippen molar-refractivity contribution in [3.8, 4) is 5.75 Å². The maximum Gasteiger partial charge on any atom is 0.118 e.